The second kappa shape index (κ2) is 4.58. The number of hydrogen-bond acceptors (Lipinski definition) is 2. The third-order valence-corrected chi connectivity index (χ3v) is 4.36. The van der Waals surface area contributed by atoms with Gasteiger partial charge in [0.1, 0.15) is 5.78 Å². The zero-order valence-corrected chi connectivity index (χ0v) is 10.4. The van der Waals surface area contributed by atoms with Crippen molar-refractivity contribution in [3.63, 3.8) is 0 Å². The van der Waals surface area contributed by atoms with Gasteiger partial charge in [-0.3, -0.25) is 4.79 Å². The number of hydrogen-bond donors (Lipinski definition) is 0. The molecule has 76 valence electrons. The van der Waals surface area contributed by atoms with E-state index in [1.165, 1.54) is 24.1 Å². The van der Waals surface area contributed by atoms with Gasteiger partial charge in [-0.2, -0.15) is 0 Å². The second-order valence-electron chi connectivity index (χ2n) is 3.92. The number of ketones is 1. The fourth-order valence-corrected chi connectivity index (χ4v) is 3.24. The van der Waals surface area contributed by atoms with E-state index < -0.39 is 0 Å². The van der Waals surface area contributed by atoms with Gasteiger partial charge in [0.15, 0.2) is 0 Å². The molecule has 0 bridgehead atoms. The van der Waals surface area contributed by atoms with Crippen molar-refractivity contribution in [1.29, 1.82) is 0 Å². The molecule has 1 aliphatic rings. The van der Waals surface area contributed by atoms with Crippen LogP contribution in [0.15, 0.2) is 15.9 Å². The summed E-state index contributed by atoms with van der Waals surface area (Å²) in [6.07, 6.45) is 5.28. The molecule has 0 radical (unpaired) electrons. The molecular formula is C11H13BrOS. The predicted octanol–water partition coefficient (Wildman–Crippen LogP) is 3.81. The topological polar surface area (TPSA) is 17.1 Å². The molecule has 0 amide bonds. The van der Waals surface area contributed by atoms with E-state index in [1.54, 1.807) is 11.3 Å². The Balaban J connectivity index is 1.81. The van der Waals surface area contributed by atoms with Gasteiger partial charge in [0, 0.05) is 17.7 Å². The van der Waals surface area contributed by atoms with E-state index in [0.29, 0.717) is 18.1 Å². The Morgan fingerprint density at radius 3 is 2.79 bits per heavy atom. The summed E-state index contributed by atoms with van der Waals surface area (Å²) in [7, 11) is 0. The van der Waals surface area contributed by atoms with Crippen LogP contribution in [-0.2, 0) is 11.2 Å². The van der Waals surface area contributed by atoms with Crippen molar-refractivity contribution < 1.29 is 4.79 Å². The SMILES string of the molecule is O=C(Cc1ccc(Br)s1)CC1CCC1. The molecule has 1 aromatic rings. The first kappa shape index (κ1) is 10.4. The number of halogens is 1. The number of carbonyl (C=O) groups is 1. The van der Waals surface area contributed by atoms with Gasteiger partial charge in [-0.05, 0) is 34.0 Å². The Labute approximate surface area is 96.6 Å². The lowest BCUT2D eigenvalue weighted by molar-refractivity contribution is -0.119. The first-order chi connectivity index (χ1) is 6.74. The number of thiophene rings is 1. The van der Waals surface area contributed by atoms with E-state index in [9.17, 15) is 4.79 Å². The van der Waals surface area contributed by atoms with Gasteiger partial charge >= 0.3 is 0 Å². The third-order valence-electron chi connectivity index (χ3n) is 2.74. The maximum atomic E-state index is 11.6. The average molecular weight is 273 g/mol. The molecule has 3 heteroatoms. The Kier molecular flexibility index (Phi) is 3.39. The predicted molar refractivity (Wildman–Crippen MR) is 62.7 cm³/mol. The van der Waals surface area contributed by atoms with E-state index in [0.717, 1.165) is 10.2 Å². The molecule has 1 fully saturated rings. The molecule has 14 heavy (non-hydrogen) atoms. The molecule has 1 heterocycles. The normalized spacial score (nSPS) is 16.6. The fraction of sp³-hybridized carbons (Fsp3) is 0.545. The van der Waals surface area contributed by atoms with E-state index >= 15 is 0 Å². The molecule has 0 N–H and O–H groups in total. The highest BCUT2D eigenvalue weighted by atomic mass is 79.9. The van der Waals surface area contributed by atoms with Crippen LogP contribution < -0.4 is 0 Å². The summed E-state index contributed by atoms with van der Waals surface area (Å²) in [5.74, 6) is 1.11. The molecule has 1 aromatic heterocycles. The minimum absolute atomic E-state index is 0.407. The second-order valence-corrected chi connectivity index (χ2v) is 6.47. The van der Waals surface area contributed by atoms with Crippen molar-refractivity contribution in [2.24, 2.45) is 5.92 Å². The van der Waals surface area contributed by atoms with Crippen LogP contribution in [-0.4, -0.2) is 5.78 Å². The first-order valence-electron chi connectivity index (χ1n) is 5.00. The van der Waals surface area contributed by atoms with E-state index in [2.05, 4.69) is 15.9 Å². The lowest BCUT2D eigenvalue weighted by Crippen LogP contribution is -2.16. The summed E-state index contributed by atoms with van der Waals surface area (Å²) in [5.41, 5.74) is 0. The first-order valence-corrected chi connectivity index (χ1v) is 6.61. The largest absolute Gasteiger partial charge is 0.299 e. The van der Waals surface area contributed by atoms with Crippen LogP contribution >= 0.6 is 27.3 Å². The summed E-state index contributed by atoms with van der Waals surface area (Å²) in [4.78, 5) is 12.8. The zero-order chi connectivity index (χ0) is 9.97. The van der Waals surface area contributed by atoms with Gasteiger partial charge in [0.05, 0.1) is 3.79 Å². The Morgan fingerprint density at radius 2 is 2.29 bits per heavy atom. The summed E-state index contributed by atoms with van der Waals surface area (Å²) < 4.78 is 1.11. The molecule has 1 saturated carbocycles. The lowest BCUT2D eigenvalue weighted by atomic mass is 9.81. The van der Waals surface area contributed by atoms with E-state index in [4.69, 9.17) is 0 Å². The fourth-order valence-electron chi connectivity index (χ4n) is 1.73. The van der Waals surface area contributed by atoms with Gasteiger partial charge in [-0.1, -0.05) is 19.3 Å². The van der Waals surface area contributed by atoms with Crippen molar-refractivity contribution >= 4 is 33.0 Å². The summed E-state index contributed by atoms with van der Waals surface area (Å²) in [5, 5.41) is 0. The Hall–Kier alpha value is -0.150. The summed E-state index contributed by atoms with van der Waals surface area (Å²) >= 11 is 5.07. The van der Waals surface area contributed by atoms with Gasteiger partial charge in [-0.15, -0.1) is 11.3 Å². The van der Waals surface area contributed by atoms with Crippen molar-refractivity contribution in [3.05, 3.63) is 20.8 Å². The van der Waals surface area contributed by atoms with Gasteiger partial charge in [0.25, 0.3) is 0 Å². The molecule has 0 aromatic carbocycles. The van der Waals surface area contributed by atoms with Crippen LogP contribution in [0.5, 0.6) is 0 Å². The molecule has 0 aliphatic heterocycles. The molecular weight excluding hydrogens is 260 g/mol. The van der Waals surface area contributed by atoms with Gasteiger partial charge < -0.3 is 0 Å². The van der Waals surface area contributed by atoms with Crippen LogP contribution in [0.25, 0.3) is 0 Å². The Bertz CT molecular complexity index is 328. The lowest BCUT2D eigenvalue weighted by Gasteiger charge is -2.24. The highest BCUT2D eigenvalue weighted by Crippen LogP contribution is 2.30. The quantitative estimate of drug-likeness (QED) is 0.815. The molecule has 0 atom stereocenters. The number of Topliss-reactive ketones (excluding diaryl/α,β-unsaturated/α-hetero) is 1. The average Bonchev–Trinajstić information content (AvgIpc) is 2.44. The maximum absolute atomic E-state index is 11.6. The number of carbonyl (C=O) groups excluding carboxylic acids is 1. The molecule has 1 aliphatic carbocycles. The maximum Gasteiger partial charge on any atom is 0.138 e. The molecule has 2 rings (SSSR count). The Morgan fingerprint density at radius 1 is 1.50 bits per heavy atom. The third kappa shape index (κ3) is 2.67. The van der Waals surface area contributed by atoms with Gasteiger partial charge in [-0.25, -0.2) is 0 Å². The molecule has 0 spiro atoms. The highest BCUT2D eigenvalue weighted by Gasteiger charge is 2.20. The minimum atomic E-state index is 0.407. The highest BCUT2D eigenvalue weighted by molar-refractivity contribution is 9.11. The van der Waals surface area contributed by atoms with Crippen molar-refractivity contribution in [2.45, 2.75) is 32.1 Å². The van der Waals surface area contributed by atoms with Crippen molar-refractivity contribution in [3.8, 4) is 0 Å². The summed E-state index contributed by atoms with van der Waals surface area (Å²) in [6, 6.07) is 4.05. The van der Waals surface area contributed by atoms with Crippen molar-refractivity contribution in [1.82, 2.24) is 0 Å². The zero-order valence-electron chi connectivity index (χ0n) is 7.96. The molecule has 1 nitrogen and oxygen atoms in total. The molecule has 0 saturated heterocycles. The van der Waals surface area contributed by atoms with E-state index in [-0.39, 0.29) is 0 Å². The summed E-state index contributed by atoms with van der Waals surface area (Å²) in [6.45, 7) is 0. The van der Waals surface area contributed by atoms with Gasteiger partial charge in [0.2, 0.25) is 0 Å². The van der Waals surface area contributed by atoms with Crippen LogP contribution in [0.4, 0.5) is 0 Å². The van der Waals surface area contributed by atoms with Crippen LogP contribution in [0, 0.1) is 5.92 Å². The van der Waals surface area contributed by atoms with Crippen LogP contribution in [0.1, 0.15) is 30.6 Å². The van der Waals surface area contributed by atoms with Crippen molar-refractivity contribution in [2.75, 3.05) is 0 Å². The number of rotatable bonds is 4. The van der Waals surface area contributed by atoms with E-state index in [1.807, 2.05) is 12.1 Å². The smallest absolute Gasteiger partial charge is 0.138 e. The monoisotopic (exact) mass is 272 g/mol. The standard InChI is InChI=1S/C11H13BrOS/c12-11-5-4-10(14-11)7-9(13)6-8-2-1-3-8/h4-5,8H,1-3,6-7H2. The van der Waals surface area contributed by atoms with Crippen LogP contribution in [0.2, 0.25) is 0 Å². The molecule has 0 unspecified atom stereocenters. The van der Waals surface area contributed by atoms with Crippen LogP contribution in [0.3, 0.4) is 0 Å². The minimum Gasteiger partial charge on any atom is -0.299 e.